The van der Waals surface area contributed by atoms with Crippen molar-refractivity contribution in [3.05, 3.63) is 0 Å². The summed E-state index contributed by atoms with van der Waals surface area (Å²) in [5, 5.41) is 2.99. The summed E-state index contributed by atoms with van der Waals surface area (Å²) in [6.45, 7) is 5.36. The zero-order valence-corrected chi connectivity index (χ0v) is 9.02. The van der Waals surface area contributed by atoms with Gasteiger partial charge in [0, 0.05) is 12.6 Å². The van der Waals surface area contributed by atoms with Gasteiger partial charge in [-0.2, -0.15) is 0 Å². The minimum atomic E-state index is -3.04. The SMILES string of the molecule is CCNCCS(=O)(=O)NC1CC1C. The van der Waals surface area contributed by atoms with E-state index in [1.165, 1.54) is 0 Å². The van der Waals surface area contributed by atoms with E-state index in [0.29, 0.717) is 12.5 Å². The smallest absolute Gasteiger partial charge is 0.213 e. The normalized spacial score (nSPS) is 27.5. The maximum Gasteiger partial charge on any atom is 0.213 e. The summed E-state index contributed by atoms with van der Waals surface area (Å²) in [6.07, 6.45) is 0.987. The molecule has 1 saturated carbocycles. The third-order valence-electron chi connectivity index (χ3n) is 2.24. The quantitative estimate of drug-likeness (QED) is 0.598. The van der Waals surface area contributed by atoms with Crippen LogP contribution in [0.4, 0.5) is 0 Å². The first-order valence-electron chi connectivity index (χ1n) is 4.76. The van der Waals surface area contributed by atoms with E-state index in [4.69, 9.17) is 0 Å². The van der Waals surface area contributed by atoms with Crippen molar-refractivity contribution in [1.82, 2.24) is 10.0 Å². The van der Waals surface area contributed by atoms with Crippen molar-refractivity contribution in [3.8, 4) is 0 Å². The Labute approximate surface area is 80.1 Å². The van der Waals surface area contributed by atoms with Crippen LogP contribution in [-0.4, -0.2) is 33.3 Å². The fourth-order valence-corrected chi connectivity index (χ4v) is 2.48. The van der Waals surface area contributed by atoms with Crippen molar-refractivity contribution in [2.45, 2.75) is 26.3 Å². The molecular formula is C8H18N2O2S. The molecule has 0 saturated heterocycles. The van der Waals surface area contributed by atoms with Crippen molar-refractivity contribution in [3.63, 3.8) is 0 Å². The van der Waals surface area contributed by atoms with Crippen LogP contribution in [0.3, 0.4) is 0 Å². The standard InChI is InChI=1S/C8H18N2O2S/c1-3-9-4-5-13(11,12)10-8-6-7(8)2/h7-10H,3-6H2,1-2H3. The Morgan fingerprint density at radius 1 is 1.46 bits per heavy atom. The predicted octanol–water partition coefficient (Wildman–Crippen LogP) is -0.0763. The number of rotatable bonds is 6. The van der Waals surface area contributed by atoms with Crippen molar-refractivity contribution in [2.75, 3.05) is 18.8 Å². The highest BCUT2D eigenvalue weighted by atomic mass is 32.2. The van der Waals surface area contributed by atoms with E-state index < -0.39 is 10.0 Å². The average Bonchev–Trinajstić information content (AvgIpc) is 2.65. The molecule has 4 nitrogen and oxygen atoms in total. The van der Waals surface area contributed by atoms with Crippen LogP contribution in [0.25, 0.3) is 0 Å². The van der Waals surface area contributed by atoms with E-state index in [0.717, 1.165) is 13.0 Å². The first-order valence-corrected chi connectivity index (χ1v) is 6.41. The van der Waals surface area contributed by atoms with E-state index in [2.05, 4.69) is 17.0 Å². The largest absolute Gasteiger partial charge is 0.316 e. The van der Waals surface area contributed by atoms with E-state index in [1.807, 2.05) is 6.92 Å². The molecule has 0 aromatic heterocycles. The first-order chi connectivity index (χ1) is 6.05. The Bertz CT molecular complexity index is 251. The third kappa shape index (κ3) is 4.06. The Kier molecular flexibility index (Phi) is 3.70. The fourth-order valence-electron chi connectivity index (χ4n) is 1.16. The van der Waals surface area contributed by atoms with E-state index in [1.54, 1.807) is 0 Å². The van der Waals surface area contributed by atoms with Crippen LogP contribution in [0, 0.1) is 5.92 Å². The second-order valence-electron chi connectivity index (χ2n) is 3.61. The summed E-state index contributed by atoms with van der Waals surface area (Å²) in [7, 11) is -3.04. The highest BCUT2D eigenvalue weighted by Gasteiger charge is 2.35. The highest BCUT2D eigenvalue weighted by molar-refractivity contribution is 7.89. The lowest BCUT2D eigenvalue weighted by atomic mass is 10.5. The van der Waals surface area contributed by atoms with Crippen LogP contribution in [-0.2, 0) is 10.0 Å². The topological polar surface area (TPSA) is 58.2 Å². The Morgan fingerprint density at radius 2 is 2.08 bits per heavy atom. The van der Waals surface area contributed by atoms with Crippen LogP contribution >= 0.6 is 0 Å². The van der Waals surface area contributed by atoms with Gasteiger partial charge < -0.3 is 5.32 Å². The summed E-state index contributed by atoms with van der Waals surface area (Å²) >= 11 is 0. The Hall–Kier alpha value is -0.130. The number of hydrogen-bond donors (Lipinski definition) is 2. The van der Waals surface area contributed by atoms with E-state index >= 15 is 0 Å². The lowest BCUT2D eigenvalue weighted by Crippen LogP contribution is -2.33. The molecule has 2 unspecified atom stereocenters. The lowest BCUT2D eigenvalue weighted by molar-refractivity contribution is 0.574. The Morgan fingerprint density at radius 3 is 2.54 bits per heavy atom. The summed E-state index contributed by atoms with van der Waals surface area (Å²) in [5.74, 6) is 0.707. The van der Waals surface area contributed by atoms with Crippen molar-refractivity contribution >= 4 is 10.0 Å². The fraction of sp³-hybridized carbons (Fsp3) is 1.00. The van der Waals surface area contributed by atoms with Crippen LogP contribution < -0.4 is 10.0 Å². The molecule has 78 valence electrons. The van der Waals surface area contributed by atoms with Crippen molar-refractivity contribution in [1.29, 1.82) is 0 Å². The lowest BCUT2D eigenvalue weighted by Gasteiger charge is -2.05. The summed E-state index contributed by atoms with van der Waals surface area (Å²) in [5.41, 5.74) is 0. The molecule has 0 spiro atoms. The van der Waals surface area contributed by atoms with Gasteiger partial charge in [0.1, 0.15) is 0 Å². The van der Waals surface area contributed by atoms with Gasteiger partial charge in [-0.3, -0.25) is 0 Å². The zero-order chi connectivity index (χ0) is 9.90. The number of hydrogen-bond acceptors (Lipinski definition) is 3. The molecular weight excluding hydrogens is 188 g/mol. The van der Waals surface area contributed by atoms with Crippen molar-refractivity contribution in [2.24, 2.45) is 5.92 Å². The van der Waals surface area contributed by atoms with Crippen LogP contribution in [0.2, 0.25) is 0 Å². The second kappa shape index (κ2) is 4.39. The van der Waals surface area contributed by atoms with Gasteiger partial charge in [0.15, 0.2) is 0 Å². The summed E-state index contributed by atoms with van der Waals surface area (Å²) in [4.78, 5) is 0. The minimum Gasteiger partial charge on any atom is -0.316 e. The van der Waals surface area contributed by atoms with Gasteiger partial charge in [0.05, 0.1) is 5.75 Å². The molecule has 2 atom stereocenters. The second-order valence-corrected chi connectivity index (χ2v) is 5.48. The predicted molar refractivity (Wildman–Crippen MR) is 53.0 cm³/mol. The van der Waals surface area contributed by atoms with Gasteiger partial charge >= 0.3 is 0 Å². The Balaban J connectivity index is 2.21. The molecule has 0 heterocycles. The highest BCUT2D eigenvalue weighted by Crippen LogP contribution is 2.29. The summed E-state index contributed by atoms with van der Waals surface area (Å²) < 4.78 is 25.4. The van der Waals surface area contributed by atoms with Gasteiger partial charge in [-0.05, 0) is 18.9 Å². The molecule has 0 aliphatic heterocycles. The molecule has 0 radical (unpaired) electrons. The van der Waals surface area contributed by atoms with Gasteiger partial charge in [-0.15, -0.1) is 0 Å². The molecule has 1 fully saturated rings. The molecule has 13 heavy (non-hydrogen) atoms. The van der Waals surface area contributed by atoms with Crippen molar-refractivity contribution < 1.29 is 8.42 Å². The molecule has 0 aromatic rings. The van der Waals surface area contributed by atoms with Crippen LogP contribution in [0.5, 0.6) is 0 Å². The van der Waals surface area contributed by atoms with Gasteiger partial charge in [-0.25, -0.2) is 13.1 Å². The number of nitrogens with one attached hydrogen (secondary N) is 2. The molecule has 5 heteroatoms. The molecule has 1 aliphatic carbocycles. The van der Waals surface area contributed by atoms with Gasteiger partial charge in [-0.1, -0.05) is 13.8 Å². The molecule has 0 aromatic carbocycles. The first kappa shape index (κ1) is 10.9. The van der Waals surface area contributed by atoms with Crippen LogP contribution in [0.1, 0.15) is 20.3 Å². The third-order valence-corrected chi connectivity index (χ3v) is 3.64. The molecule has 1 aliphatic rings. The maximum absolute atomic E-state index is 11.4. The minimum absolute atomic E-state index is 0.185. The number of sulfonamides is 1. The molecule has 2 N–H and O–H groups in total. The molecule has 0 amide bonds. The van der Waals surface area contributed by atoms with E-state index in [-0.39, 0.29) is 11.8 Å². The zero-order valence-electron chi connectivity index (χ0n) is 8.21. The summed E-state index contributed by atoms with van der Waals surface area (Å²) in [6, 6.07) is 0.201. The van der Waals surface area contributed by atoms with Gasteiger partial charge in [0.25, 0.3) is 0 Å². The van der Waals surface area contributed by atoms with Crippen LogP contribution in [0.15, 0.2) is 0 Å². The average molecular weight is 206 g/mol. The molecule has 0 bridgehead atoms. The monoisotopic (exact) mass is 206 g/mol. The molecule has 1 rings (SSSR count). The van der Waals surface area contributed by atoms with Gasteiger partial charge in [0.2, 0.25) is 10.0 Å². The maximum atomic E-state index is 11.4. The van der Waals surface area contributed by atoms with E-state index in [9.17, 15) is 8.42 Å².